The molecular weight excluding hydrogens is 330 g/mol. The van der Waals surface area contributed by atoms with Crippen molar-refractivity contribution in [2.75, 3.05) is 4.31 Å². The third-order valence-electron chi connectivity index (χ3n) is 4.58. The van der Waals surface area contributed by atoms with Crippen LogP contribution < -0.4 is 4.31 Å². The molecule has 0 aromatic heterocycles. The van der Waals surface area contributed by atoms with E-state index in [1.54, 1.807) is 0 Å². The van der Waals surface area contributed by atoms with Crippen molar-refractivity contribution in [1.82, 2.24) is 0 Å². The topological polar surface area (TPSA) is 37.4 Å². The van der Waals surface area contributed by atoms with E-state index in [2.05, 4.69) is 0 Å². The van der Waals surface area contributed by atoms with Crippen LogP contribution in [0.5, 0.6) is 0 Å². The Morgan fingerprint density at radius 3 is 1.60 bits per heavy atom. The lowest BCUT2D eigenvalue weighted by Gasteiger charge is -2.25. The molecule has 1 saturated carbocycles. The average molecular weight is 349 g/mol. The third-order valence-corrected chi connectivity index (χ3v) is 6.79. The predicted molar refractivity (Wildman–Crippen MR) is 102 cm³/mol. The summed E-state index contributed by atoms with van der Waals surface area (Å²) in [6, 6.07) is 28.5. The molecule has 25 heavy (non-hydrogen) atoms. The van der Waals surface area contributed by atoms with Gasteiger partial charge >= 0.3 is 0 Å². The van der Waals surface area contributed by atoms with Crippen molar-refractivity contribution in [2.24, 2.45) is 0 Å². The molecule has 0 spiro atoms. The minimum Gasteiger partial charge on any atom is -0.238 e. The van der Waals surface area contributed by atoms with Crippen LogP contribution in [-0.4, -0.2) is 13.7 Å². The fraction of sp³-hybridized carbons (Fsp3) is 0.143. The largest absolute Gasteiger partial charge is 0.243 e. The van der Waals surface area contributed by atoms with Crippen molar-refractivity contribution in [2.45, 2.75) is 17.6 Å². The minimum atomic E-state index is -3.50. The first kappa shape index (κ1) is 15.9. The third kappa shape index (κ3) is 3.05. The molecule has 3 aromatic rings. The highest BCUT2D eigenvalue weighted by molar-refractivity contribution is 7.94. The predicted octanol–water partition coefficient (Wildman–Crippen LogP) is 4.71. The van der Waals surface area contributed by atoms with Crippen LogP contribution in [0.25, 0.3) is 0 Å². The second-order valence-corrected chi connectivity index (χ2v) is 8.27. The lowest BCUT2D eigenvalue weighted by molar-refractivity contribution is 0.594. The number of hydrogen-bond acceptors (Lipinski definition) is 2. The van der Waals surface area contributed by atoms with Crippen LogP contribution in [-0.2, 0) is 10.0 Å². The Labute approximate surface area is 148 Å². The molecule has 0 saturated heterocycles. The van der Waals surface area contributed by atoms with Crippen LogP contribution in [0.4, 0.5) is 11.4 Å². The molecule has 2 atom stereocenters. The molecule has 1 aliphatic rings. The fourth-order valence-corrected chi connectivity index (χ4v) is 5.38. The molecular formula is C21H19NO2S. The van der Waals surface area contributed by atoms with Gasteiger partial charge in [0.2, 0.25) is 10.0 Å². The molecule has 126 valence electrons. The van der Waals surface area contributed by atoms with Gasteiger partial charge in [0.15, 0.2) is 0 Å². The van der Waals surface area contributed by atoms with Gasteiger partial charge in [-0.2, -0.15) is 0 Å². The van der Waals surface area contributed by atoms with Gasteiger partial charge in [-0.3, -0.25) is 0 Å². The van der Waals surface area contributed by atoms with E-state index < -0.39 is 10.0 Å². The molecule has 1 fully saturated rings. The van der Waals surface area contributed by atoms with Crippen molar-refractivity contribution >= 4 is 21.4 Å². The molecule has 0 radical (unpaired) electrons. The van der Waals surface area contributed by atoms with Crippen LogP contribution >= 0.6 is 0 Å². The van der Waals surface area contributed by atoms with Crippen molar-refractivity contribution in [1.29, 1.82) is 0 Å². The maximum absolute atomic E-state index is 13.4. The zero-order chi connectivity index (χ0) is 17.3. The molecule has 2 unspecified atom stereocenters. The lowest BCUT2D eigenvalue weighted by atomic mass is 10.1. The van der Waals surface area contributed by atoms with Gasteiger partial charge in [0, 0.05) is 5.92 Å². The van der Waals surface area contributed by atoms with Gasteiger partial charge in [-0.15, -0.1) is 0 Å². The summed E-state index contributed by atoms with van der Waals surface area (Å²) in [4.78, 5) is 0. The summed E-state index contributed by atoms with van der Waals surface area (Å²) >= 11 is 0. The molecule has 4 heteroatoms. The number of sulfonamides is 1. The number of para-hydroxylation sites is 2. The van der Waals surface area contributed by atoms with Gasteiger partial charge in [-0.05, 0) is 36.2 Å². The molecule has 3 nitrogen and oxygen atoms in total. The van der Waals surface area contributed by atoms with Crippen molar-refractivity contribution in [3.63, 3.8) is 0 Å². The van der Waals surface area contributed by atoms with Crippen LogP contribution in [0.15, 0.2) is 91.0 Å². The average Bonchev–Trinajstić information content (AvgIpc) is 3.46. The fourth-order valence-electron chi connectivity index (χ4n) is 3.26. The van der Waals surface area contributed by atoms with Gasteiger partial charge < -0.3 is 0 Å². The van der Waals surface area contributed by atoms with Crippen LogP contribution in [0.2, 0.25) is 0 Å². The van der Waals surface area contributed by atoms with Crippen LogP contribution in [0.3, 0.4) is 0 Å². The van der Waals surface area contributed by atoms with Gasteiger partial charge in [-0.1, -0.05) is 66.7 Å². The summed E-state index contributed by atoms with van der Waals surface area (Å²) < 4.78 is 28.3. The molecule has 4 rings (SSSR count). The van der Waals surface area contributed by atoms with Crippen LogP contribution in [0, 0.1) is 0 Å². The molecule has 3 aromatic carbocycles. The summed E-state index contributed by atoms with van der Waals surface area (Å²) in [5.74, 6) is 0.0705. The molecule has 0 heterocycles. The van der Waals surface area contributed by atoms with E-state index in [4.69, 9.17) is 0 Å². The first-order chi connectivity index (χ1) is 12.2. The van der Waals surface area contributed by atoms with E-state index >= 15 is 0 Å². The summed E-state index contributed by atoms with van der Waals surface area (Å²) in [6.07, 6.45) is 0.669. The quantitative estimate of drug-likeness (QED) is 0.669. The smallest absolute Gasteiger partial charge is 0.238 e. The van der Waals surface area contributed by atoms with E-state index in [-0.39, 0.29) is 11.2 Å². The second-order valence-electron chi connectivity index (χ2n) is 6.27. The molecule has 0 aliphatic heterocycles. The maximum Gasteiger partial charge on any atom is 0.243 e. The standard InChI is InChI=1S/C21H19NO2S/c23-25(24,21-16-20(21)17-10-4-1-5-11-17)22(18-12-6-2-7-13-18)19-14-8-3-9-15-19/h1-15,20-21H,16H2. The summed E-state index contributed by atoms with van der Waals surface area (Å²) in [6.45, 7) is 0. The SMILES string of the molecule is O=S(=O)(C1CC1c1ccccc1)N(c1ccccc1)c1ccccc1. The number of anilines is 2. The Hall–Kier alpha value is -2.59. The first-order valence-electron chi connectivity index (χ1n) is 8.37. The molecule has 0 amide bonds. The second kappa shape index (κ2) is 6.37. The molecule has 1 aliphatic carbocycles. The number of benzene rings is 3. The lowest BCUT2D eigenvalue weighted by Crippen LogP contribution is -2.30. The first-order valence-corrected chi connectivity index (χ1v) is 9.87. The Balaban J connectivity index is 1.73. The summed E-state index contributed by atoms with van der Waals surface area (Å²) in [7, 11) is -3.50. The maximum atomic E-state index is 13.4. The van der Waals surface area contributed by atoms with Gasteiger partial charge in [0.1, 0.15) is 0 Å². The molecule has 0 bridgehead atoms. The monoisotopic (exact) mass is 349 g/mol. The Morgan fingerprint density at radius 1 is 0.680 bits per heavy atom. The zero-order valence-corrected chi connectivity index (χ0v) is 14.5. The highest BCUT2D eigenvalue weighted by Crippen LogP contribution is 2.49. The van der Waals surface area contributed by atoms with E-state index in [9.17, 15) is 8.42 Å². The number of nitrogens with zero attached hydrogens (tertiary/aromatic N) is 1. The summed E-state index contributed by atoms with van der Waals surface area (Å²) in [5.41, 5.74) is 2.44. The van der Waals surface area contributed by atoms with Gasteiger partial charge in [0.05, 0.1) is 16.6 Å². The van der Waals surface area contributed by atoms with Gasteiger partial charge in [-0.25, -0.2) is 12.7 Å². The Bertz CT molecular complexity index is 901. The zero-order valence-electron chi connectivity index (χ0n) is 13.7. The van der Waals surface area contributed by atoms with Crippen LogP contribution in [0.1, 0.15) is 17.9 Å². The van der Waals surface area contributed by atoms with E-state index in [1.807, 2.05) is 91.0 Å². The normalized spacial score (nSPS) is 19.4. The highest BCUT2D eigenvalue weighted by Gasteiger charge is 2.51. The van der Waals surface area contributed by atoms with E-state index in [0.717, 1.165) is 5.56 Å². The van der Waals surface area contributed by atoms with Crippen molar-refractivity contribution < 1.29 is 8.42 Å². The Kier molecular flexibility index (Phi) is 4.06. The Morgan fingerprint density at radius 2 is 1.12 bits per heavy atom. The van der Waals surface area contributed by atoms with E-state index in [0.29, 0.717) is 17.8 Å². The van der Waals surface area contributed by atoms with Crippen molar-refractivity contribution in [3.05, 3.63) is 96.6 Å². The number of rotatable bonds is 5. The minimum absolute atomic E-state index is 0.0705. The molecule has 0 N–H and O–H groups in total. The highest BCUT2D eigenvalue weighted by atomic mass is 32.2. The van der Waals surface area contributed by atoms with Gasteiger partial charge in [0.25, 0.3) is 0 Å². The number of hydrogen-bond donors (Lipinski definition) is 0. The summed E-state index contributed by atoms with van der Waals surface area (Å²) in [5, 5.41) is -0.379. The van der Waals surface area contributed by atoms with Crippen molar-refractivity contribution in [3.8, 4) is 0 Å². The van der Waals surface area contributed by atoms with E-state index in [1.165, 1.54) is 4.31 Å².